The highest BCUT2D eigenvalue weighted by Crippen LogP contribution is 2.06. The molecule has 0 aromatic heterocycles. The number of hydrogen-bond donors (Lipinski definition) is 3. The fourth-order valence-electron chi connectivity index (χ4n) is 0.858. The maximum absolute atomic E-state index is 5.31. The van der Waals surface area contributed by atoms with E-state index in [4.69, 9.17) is 16.3 Å². The molecule has 5 N–H and O–H groups in total. The van der Waals surface area contributed by atoms with Gasteiger partial charge in [-0.05, 0) is 6.42 Å². The van der Waals surface area contributed by atoms with Crippen molar-refractivity contribution in [1.82, 2.24) is 5.43 Å². The van der Waals surface area contributed by atoms with Gasteiger partial charge in [0.2, 0.25) is 5.96 Å². The molecule has 0 bridgehead atoms. The zero-order valence-corrected chi connectivity index (χ0v) is 5.71. The zero-order valence-electron chi connectivity index (χ0n) is 5.71. The lowest BCUT2D eigenvalue weighted by molar-refractivity contribution is 0.194. The lowest BCUT2D eigenvalue weighted by Crippen LogP contribution is -2.38. The summed E-state index contributed by atoms with van der Waals surface area (Å²) in [6, 6.07) is 0.191. The van der Waals surface area contributed by atoms with Crippen molar-refractivity contribution in [2.75, 3.05) is 13.2 Å². The Hall–Kier alpha value is -0.810. The van der Waals surface area contributed by atoms with E-state index in [0.717, 1.165) is 13.0 Å². The van der Waals surface area contributed by atoms with Gasteiger partial charge in [0.1, 0.15) is 0 Å². The summed E-state index contributed by atoms with van der Waals surface area (Å²) >= 11 is 0. The summed E-state index contributed by atoms with van der Waals surface area (Å²) in [6.45, 7) is 1.42. The number of nitrogens with one attached hydrogen (secondary N) is 1. The van der Waals surface area contributed by atoms with Gasteiger partial charge in [0.05, 0.1) is 12.6 Å². The normalized spacial score (nSPS) is 26.9. The van der Waals surface area contributed by atoms with Crippen LogP contribution in [0.1, 0.15) is 6.42 Å². The Morgan fingerprint density at radius 1 is 1.70 bits per heavy atom. The molecule has 1 atom stereocenters. The summed E-state index contributed by atoms with van der Waals surface area (Å²) in [4.78, 5) is 4.03. The van der Waals surface area contributed by atoms with E-state index in [1.54, 1.807) is 0 Å². The van der Waals surface area contributed by atoms with E-state index in [9.17, 15) is 0 Å². The highest BCUT2D eigenvalue weighted by atomic mass is 16.5. The fourth-order valence-corrected chi connectivity index (χ4v) is 0.858. The van der Waals surface area contributed by atoms with E-state index in [2.05, 4.69) is 10.4 Å². The summed E-state index contributed by atoms with van der Waals surface area (Å²) in [5.74, 6) is 5.28. The van der Waals surface area contributed by atoms with Crippen molar-refractivity contribution >= 4 is 5.96 Å². The van der Waals surface area contributed by atoms with Gasteiger partial charge in [-0.15, -0.1) is 0 Å². The van der Waals surface area contributed by atoms with E-state index in [0.29, 0.717) is 6.61 Å². The van der Waals surface area contributed by atoms with Crippen molar-refractivity contribution in [3.63, 3.8) is 0 Å². The van der Waals surface area contributed by atoms with Crippen LogP contribution in [0, 0.1) is 0 Å². The van der Waals surface area contributed by atoms with E-state index in [1.165, 1.54) is 0 Å². The number of rotatable bonds is 1. The van der Waals surface area contributed by atoms with E-state index in [1.807, 2.05) is 0 Å². The van der Waals surface area contributed by atoms with Gasteiger partial charge in [-0.25, -0.2) is 10.8 Å². The van der Waals surface area contributed by atoms with Gasteiger partial charge in [0.25, 0.3) is 0 Å². The van der Waals surface area contributed by atoms with E-state index in [-0.39, 0.29) is 12.0 Å². The van der Waals surface area contributed by atoms with Crippen molar-refractivity contribution in [2.24, 2.45) is 16.6 Å². The Kier molecular flexibility index (Phi) is 2.47. The van der Waals surface area contributed by atoms with E-state index >= 15 is 0 Å². The minimum atomic E-state index is 0.191. The molecule has 5 nitrogen and oxygen atoms in total. The molecule has 0 aliphatic carbocycles. The molecule has 0 amide bonds. The van der Waals surface area contributed by atoms with Crippen LogP contribution in [0.2, 0.25) is 0 Å². The molecule has 0 saturated carbocycles. The second kappa shape index (κ2) is 3.38. The number of nitrogens with two attached hydrogens (primary N) is 2. The summed E-state index contributed by atoms with van der Waals surface area (Å²) in [5, 5.41) is 0. The van der Waals surface area contributed by atoms with E-state index < -0.39 is 0 Å². The molecule has 5 heteroatoms. The maximum Gasteiger partial charge on any atom is 0.203 e. The first kappa shape index (κ1) is 7.30. The number of hydrogen-bond acceptors (Lipinski definition) is 3. The number of ether oxygens (including phenoxy) is 1. The zero-order chi connectivity index (χ0) is 7.40. The lowest BCUT2D eigenvalue weighted by atomic mass is 10.3. The third-order valence-corrected chi connectivity index (χ3v) is 1.38. The van der Waals surface area contributed by atoms with Gasteiger partial charge < -0.3 is 10.5 Å². The van der Waals surface area contributed by atoms with Gasteiger partial charge >= 0.3 is 0 Å². The molecule has 1 saturated heterocycles. The van der Waals surface area contributed by atoms with Crippen molar-refractivity contribution in [3.05, 3.63) is 0 Å². The quantitative estimate of drug-likeness (QED) is 0.182. The second-order valence-corrected chi connectivity index (χ2v) is 2.18. The molecule has 0 spiro atoms. The van der Waals surface area contributed by atoms with Gasteiger partial charge in [-0.2, -0.15) is 0 Å². The minimum absolute atomic E-state index is 0.191. The van der Waals surface area contributed by atoms with Gasteiger partial charge in [0.15, 0.2) is 0 Å². The van der Waals surface area contributed by atoms with Crippen molar-refractivity contribution in [2.45, 2.75) is 12.5 Å². The molecule has 58 valence electrons. The van der Waals surface area contributed by atoms with Crippen LogP contribution in [-0.2, 0) is 4.74 Å². The van der Waals surface area contributed by atoms with Gasteiger partial charge in [-0.3, -0.25) is 5.43 Å². The van der Waals surface area contributed by atoms with Crippen LogP contribution in [0.3, 0.4) is 0 Å². The van der Waals surface area contributed by atoms with Crippen LogP contribution in [0.5, 0.6) is 0 Å². The first-order valence-corrected chi connectivity index (χ1v) is 3.20. The van der Waals surface area contributed by atoms with Crippen LogP contribution >= 0.6 is 0 Å². The van der Waals surface area contributed by atoms with Crippen LogP contribution in [0.4, 0.5) is 0 Å². The Balaban J connectivity index is 2.34. The standard InChI is InChI=1S/C5H12N4O/c6-5(9-7)8-4-1-2-10-3-4/h4H,1-3,7H2,(H3,6,8,9). The molecule has 1 unspecified atom stereocenters. The molecular weight excluding hydrogens is 132 g/mol. The van der Waals surface area contributed by atoms with Crippen LogP contribution < -0.4 is 17.0 Å². The monoisotopic (exact) mass is 144 g/mol. The smallest absolute Gasteiger partial charge is 0.203 e. The largest absolute Gasteiger partial charge is 0.379 e. The van der Waals surface area contributed by atoms with Crippen molar-refractivity contribution in [3.8, 4) is 0 Å². The number of guanidine groups is 1. The molecule has 1 rings (SSSR count). The number of nitrogens with zero attached hydrogens (tertiary/aromatic N) is 1. The Labute approximate surface area is 59.4 Å². The highest BCUT2D eigenvalue weighted by Gasteiger charge is 2.13. The molecule has 1 fully saturated rings. The maximum atomic E-state index is 5.31. The third kappa shape index (κ3) is 1.85. The minimum Gasteiger partial charge on any atom is -0.379 e. The second-order valence-electron chi connectivity index (χ2n) is 2.18. The molecule has 10 heavy (non-hydrogen) atoms. The van der Waals surface area contributed by atoms with Crippen LogP contribution in [-0.4, -0.2) is 25.2 Å². The summed E-state index contributed by atoms with van der Waals surface area (Å²) in [6.07, 6.45) is 0.933. The number of aliphatic imine (C=N–C) groups is 1. The lowest BCUT2D eigenvalue weighted by Gasteiger charge is -2.01. The Morgan fingerprint density at radius 3 is 3.00 bits per heavy atom. The number of hydrazine groups is 1. The first-order chi connectivity index (χ1) is 4.83. The molecule has 0 radical (unpaired) electrons. The first-order valence-electron chi connectivity index (χ1n) is 3.20. The highest BCUT2D eigenvalue weighted by molar-refractivity contribution is 5.77. The third-order valence-electron chi connectivity index (χ3n) is 1.38. The topological polar surface area (TPSA) is 85.7 Å². The summed E-state index contributed by atoms with van der Waals surface area (Å²) in [7, 11) is 0. The van der Waals surface area contributed by atoms with Crippen molar-refractivity contribution in [1.29, 1.82) is 0 Å². The molecule has 1 aliphatic rings. The molecule has 0 aromatic carbocycles. The predicted octanol–water partition coefficient (Wildman–Crippen LogP) is -1.45. The fraction of sp³-hybridized carbons (Fsp3) is 0.800. The molecule has 1 heterocycles. The van der Waals surface area contributed by atoms with Gasteiger partial charge in [-0.1, -0.05) is 0 Å². The molecule has 1 aliphatic heterocycles. The van der Waals surface area contributed by atoms with Crippen molar-refractivity contribution < 1.29 is 4.74 Å². The Morgan fingerprint density at radius 2 is 2.50 bits per heavy atom. The summed E-state index contributed by atoms with van der Waals surface area (Å²) in [5.41, 5.74) is 7.58. The van der Waals surface area contributed by atoms with Crippen LogP contribution in [0.15, 0.2) is 4.99 Å². The SMILES string of the molecule is NNC(N)=NC1CCOC1. The van der Waals surface area contributed by atoms with Crippen LogP contribution in [0.25, 0.3) is 0 Å². The average Bonchev–Trinajstić information content (AvgIpc) is 2.40. The molecule has 0 aromatic rings. The predicted molar refractivity (Wildman–Crippen MR) is 38.2 cm³/mol. The average molecular weight is 144 g/mol. The summed E-state index contributed by atoms with van der Waals surface area (Å²) < 4.78 is 5.07. The van der Waals surface area contributed by atoms with Gasteiger partial charge in [0, 0.05) is 6.61 Å². The Bertz CT molecular complexity index is 130. The molecular formula is C5H12N4O.